The van der Waals surface area contributed by atoms with Gasteiger partial charge in [-0.15, -0.1) is 0 Å². The third-order valence-electron chi connectivity index (χ3n) is 5.07. The molecule has 27 heavy (non-hydrogen) atoms. The van der Waals surface area contributed by atoms with Gasteiger partial charge in [-0.3, -0.25) is 4.79 Å². The molecule has 0 saturated carbocycles. The molecule has 1 unspecified atom stereocenters. The van der Waals surface area contributed by atoms with E-state index in [4.69, 9.17) is 4.52 Å². The van der Waals surface area contributed by atoms with Gasteiger partial charge in [-0.05, 0) is 37.0 Å². The number of hydrogen-bond acceptors (Lipinski definition) is 4. The van der Waals surface area contributed by atoms with Crippen molar-refractivity contribution in [2.24, 2.45) is 0 Å². The molecule has 2 aromatic carbocycles. The number of likely N-dealkylation sites (tertiary alicyclic amines) is 1. The summed E-state index contributed by atoms with van der Waals surface area (Å²) in [5.41, 5.74) is 2.20. The van der Waals surface area contributed by atoms with Crippen LogP contribution in [0.2, 0.25) is 0 Å². The molecule has 1 aliphatic heterocycles. The topological polar surface area (TPSA) is 59.2 Å². The first-order valence-electron chi connectivity index (χ1n) is 9.50. The van der Waals surface area contributed by atoms with E-state index in [1.54, 1.807) is 0 Å². The summed E-state index contributed by atoms with van der Waals surface area (Å²) < 4.78 is 5.41. The van der Waals surface area contributed by atoms with E-state index in [0.717, 1.165) is 31.4 Å². The van der Waals surface area contributed by atoms with Gasteiger partial charge in [0, 0.05) is 31.0 Å². The number of aryl methyl sites for hydroxylation is 1. The molecular weight excluding hydrogens is 338 g/mol. The van der Waals surface area contributed by atoms with Crippen LogP contribution in [-0.4, -0.2) is 34.0 Å². The van der Waals surface area contributed by atoms with E-state index < -0.39 is 0 Å². The van der Waals surface area contributed by atoms with Crippen molar-refractivity contribution in [1.29, 1.82) is 0 Å². The number of amides is 1. The number of aromatic nitrogens is 2. The highest BCUT2D eigenvalue weighted by Gasteiger charge is 2.30. The monoisotopic (exact) mass is 361 g/mol. The average Bonchev–Trinajstić information content (AvgIpc) is 3.39. The van der Waals surface area contributed by atoms with E-state index in [1.807, 2.05) is 53.4 Å². The molecule has 0 spiro atoms. The Labute approximate surface area is 159 Å². The Kier molecular flexibility index (Phi) is 5.28. The van der Waals surface area contributed by atoms with Crippen LogP contribution in [0.5, 0.6) is 0 Å². The first-order valence-corrected chi connectivity index (χ1v) is 9.50. The molecule has 0 bridgehead atoms. The molecule has 5 heteroatoms. The Balaban J connectivity index is 1.29. The quantitative estimate of drug-likeness (QED) is 0.664. The predicted molar refractivity (Wildman–Crippen MR) is 103 cm³/mol. The van der Waals surface area contributed by atoms with Crippen LogP contribution < -0.4 is 0 Å². The maximum atomic E-state index is 12.5. The smallest absolute Gasteiger partial charge is 0.257 e. The van der Waals surface area contributed by atoms with E-state index in [1.165, 1.54) is 5.56 Å². The van der Waals surface area contributed by atoms with Gasteiger partial charge in [0.2, 0.25) is 5.91 Å². The van der Waals surface area contributed by atoms with Gasteiger partial charge in [0.25, 0.3) is 5.89 Å². The summed E-state index contributed by atoms with van der Waals surface area (Å²) in [5, 5.41) is 4.15. The molecule has 4 rings (SSSR count). The molecule has 2 heterocycles. The van der Waals surface area contributed by atoms with Gasteiger partial charge in [0.05, 0.1) is 0 Å². The molecule has 138 valence electrons. The van der Waals surface area contributed by atoms with E-state index >= 15 is 0 Å². The van der Waals surface area contributed by atoms with Crippen LogP contribution in [-0.2, 0) is 11.2 Å². The highest BCUT2D eigenvalue weighted by Crippen LogP contribution is 2.27. The summed E-state index contributed by atoms with van der Waals surface area (Å²) in [7, 11) is 0. The standard InChI is InChI=1S/C22H23N3O2/c26-20(13-7-10-17-8-3-1-4-9-17)25-15-14-19(16-25)21-23-22(27-24-21)18-11-5-2-6-12-18/h1-6,8-9,11-12,19H,7,10,13-16H2. The van der Waals surface area contributed by atoms with Crippen LogP contribution in [0, 0.1) is 0 Å². The summed E-state index contributed by atoms with van der Waals surface area (Å²) in [6.07, 6.45) is 3.29. The fourth-order valence-electron chi connectivity index (χ4n) is 3.54. The fraction of sp³-hybridized carbons (Fsp3) is 0.318. The SMILES string of the molecule is O=C(CCCc1ccccc1)N1CCC(c2noc(-c3ccccc3)n2)C1. The van der Waals surface area contributed by atoms with Gasteiger partial charge in [-0.25, -0.2) is 0 Å². The van der Waals surface area contributed by atoms with E-state index in [9.17, 15) is 4.79 Å². The number of nitrogens with zero attached hydrogens (tertiary/aromatic N) is 3. The number of benzene rings is 2. The average molecular weight is 361 g/mol. The van der Waals surface area contributed by atoms with Gasteiger partial charge in [-0.1, -0.05) is 53.7 Å². The minimum absolute atomic E-state index is 0.157. The van der Waals surface area contributed by atoms with E-state index in [-0.39, 0.29) is 11.8 Å². The molecule has 0 radical (unpaired) electrons. The van der Waals surface area contributed by atoms with Crippen molar-refractivity contribution in [3.05, 3.63) is 72.1 Å². The molecule has 3 aromatic rings. The van der Waals surface area contributed by atoms with Gasteiger partial charge in [0.15, 0.2) is 5.82 Å². The van der Waals surface area contributed by atoms with Crippen molar-refractivity contribution in [1.82, 2.24) is 15.0 Å². The van der Waals surface area contributed by atoms with Crippen LogP contribution in [0.1, 0.15) is 36.6 Å². The normalized spacial score (nSPS) is 16.6. The minimum Gasteiger partial charge on any atom is -0.342 e. The highest BCUT2D eigenvalue weighted by atomic mass is 16.5. The van der Waals surface area contributed by atoms with Crippen molar-refractivity contribution in [3.63, 3.8) is 0 Å². The summed E-state index contributed by atoms with van der Waals surface area (Å²) >= 11 is 0. The van der Waals surface area contributed by atoms with E-state index in [0.29, 0.717) is 24.7 Å². The number of carbonyl (C=O) groups excluding carboxylic acids is 1. The Hall–Kier alpha value is -2.95. The molecule has 1 aromatic heterocycles. The largest absolute Gasteiger partial charge is 0.342 e. The Morgan fingerprint density at radius 2 is 1.81 bits per heavy atom. The number of hydrogen-bond donors (Lipinski definition) is 0. The molecule has 1 amide bonds. The summed E-state index contributed by atoms with van der Waals surface area (Å²) in [5.74, 6) is 1.62. The first-order chi connectivity index (χ1) is 13.3. The van der Waals surface area contributed by atoms with Crippen molar-refractivity contribution < 1.29 is 9.32 Å². The fourth-order valence-corrected chi connectivity index (χ4v) is 3.54. The summed E-state index contributed by atoms with van der Waals surface area (Å²) in [6, 6.07) is 20.1. The maximum absolute atomic E-state index is 12.5. The Morgan fingerprint density at radius 1 is 1.07 bits per heavy atom. The minimum atomic E-state index is 0.157. The third kappa shape index (κ3) is 4.25. The number of rotatable bonds is 6. The lowest BCUT2D eigenvalue weighted by molar-refractivity contribution is -0.130. The second kappa shape index (κ2) is 8.16. The highest BCUT2D eigenvalue weighted by molar-refractivity contribution is 5.76. The molecule has 1 fully saturated rings. The van der Waals surface area contributed by atoms with Crippen LogP contribution >= 0.6 is 0 Å². The van der Waals surface area contributed by atoms with Crippen molar-refractivity contribution in [3.8, 4) is 11.5 Å². The molecular formula is C22H23N3O2. The molecule has 0 aliphatic carbocycles. The van der Waals surface area contributed by atoms with Crippen molar-refractivity contribution in [2.75, 3.05) is 13.1 Å². The van der Waals surface area contributed by atoms with Crippen molar-refractivity contribution in [2.45, 2.75) is 31.6 Å². The Bertz CT molecular complexity index is 877. The number of carbonyl (C=O) groups is 1. The van der Waals surface area contributed by atoms with E-state index in [2.05, 4.69) is 22.3 Å². The molecule has 1 saturated heterocycles. The zero-order valence-electron chi connectivity index (χ0n) is 15.3. The lowest BCUT2D eigenvalue weighted by Gasteiger charge is -2.15. The zero-order valence-corrected chi connectivity index (χ0v) is 15.3. The molecule has 0 N–H and O–H groups in total. The van der Waals surface area contributed by atoms with Gasteiger partial charge in [0.1, 0.15) is 0 Å². The molecule has 1 aliphatic rings. The lowest BCUT2D eigenvalue weighted by atomic mass is 10.1. The second-order valence-electron chi connectivity index (χ2n) is 6.99. The van der Waals surface area contributed by atoms with Crippen molar-refractivity contribution >= 4 is 5.91 Å². The van der Waals surface area contributed by atoms with Gasteiger partial charge >= 0.3 is 0 Å². The zero-order chi connectivity index (χ0) is 18.5. The van der Waals surface area contributed by atoms with Gasteiger partial charge < -0.3 is 9.42 Å². The van der Waals surface area contributed by atoms with Gasteiger partial charge in [-0.2, -0.15) is 4.98 Å². The lowest BCUT2D eigenvalue weighted by Crippen LogP contribution is -2.28. The summed E-state index contributed by atoms with van der Waals surface area (Å²) in [6.45, 7) is 1.45. The maximum Gasteiger partial charge on any atom is 0.257 e. The van der Waals surface area contributed by atoms with Crippen LogP contribution in [0.4, 0.5) is 0 Å². The third-order valence-corrected chi connectivity index (χ3v) is 5.07. The van der Waals surface area contributed by atoms with Crippen LogP contribution in [0.15, 0.2) is 65.2 Å². The first kappa shape index (κ1) is 17.5. The molecule has 1 atom stereocenters. The molecule has 5 nitrogen and oxygen atoms in total. The summed E-state index contributed by atoms with van der Waals surface area (Å²) in [4.78, 5) is 19.0. The van der Waals surface area contributed by atoms with Crippen LogP contribution in [0.3, 0.4) is 0 Å². The van der Waals surface area contributed by atoms with Crippen LogP contribution in [0.25, 0.3) is 11.5 Å². The second-order valence-corrected chi connectivity index (χ2v) is 6.99. The Morgan fingerprint density at radius 3 is 2.59 bits per heavy atom. The predicted octanol–water partition coefficient (Wildman–Crippen LogP) is 4.08.